The number of rotatable bonds is 5. The fourth-order valence-corrected chi connectivity index (χ4v) is 4.06. The summed E-state index contributed by atoms with van der Waals surface area (Å²) in [7, 11) is -5.53. The number of nitrogens with one attached hydrogen (secondary N) is 1. The van der Waals surface area contributed by atoms with Crippen molar-refractivity contribution in [2.24, 2.45) is 5.73 Å². The molecule has 0 aromatic heterocycles. The maximum absolute atomic E-state index is 12.7. The monoisotopic (exact) mass is 566 g/mol. The van der Waals surface area contributed by atoms with Gasteiger partial charge in [0.05, 0.1) is 12.1 Å². The zero-order valence-electron chi connectivity index (χ0n) is 18.4. The van der Waals surface area contributed by atoms with Crippen molar-refractivity contribution >= 4 is 10.0 Å². The van der Waals surface area contributed by atoms with Gasteiger partial charge in [-0.1, -0.05) is 95.6 Å². The molecule has 0 unspecified atom stereocenters. The SMILES string of the molecule is Cc1cc(C)cc(C)c1.N[C@H](c1ccccc1)[C@H](NS(=O)(=O)C(F)(F)F)c1ccccc1.[Ru]. The van der Waals surface area contributed by atoms with E-state index in [1.54, 1.807) is 53.3 Å². The number of alkyl halides is 3. The van der Waals surface area contributed by atoms with Crippen molar-refractivity contribution in [3.05, 3.63) is 107 Å². The van der Waals surface area contributed by atoms with E-state index in [9.17, 15) is 21.6 Å². The zero-order valence-corrected chi connectivity index (χ0v) is 21.0. The van der Waals surface area contributed by atoms with E-state index in [-0.39, 0.29) is 19.5 Å². The van der Waals surface area contributed by atoms with E-state index < -0.39 is 27.6 Å². The average molecular weight is 566 g/mol. The summed E-state index contributed by atoms with van der Waals surface area (Å²) in [6.45, 7) is 6.38. The molecular formula is C24H27F3N2O2RuS. The Hall–Kier alpha value is -2.06. The number of halogens is 3. The summed E-state index contributed by atoms with van der Waals surface area (Å²) >= 11 is 0. The largest absolute Gasteiger partial charge is 0.511 e. The Morgan fingerprint density at radius 2 is 1.12 bits per heavy atom. The quantitative estimate of drug-likeness (QED) is 0.403. The van der Waals surface area contributed by atoms with Crippen molar-refractivity contribution in [1.29, 1.82) is 0 Å². The van der Waals surface area contributed by atoms with Crippen LogP contribution in [0.5, 0.6) is 0 Å². The Morgan fingerprint density at radius 3 is 1.48 bits per heavy atom. The molecule has 0 aliphatic carbocycles. The van der Waals surface area contributed by atoms with Crippen LogP contribution in [0.25, 0.3) is 0 Å². The Bertz CT molecular complexity index is 1060. The minimum atomic E-state index is -5.53. The summed E-state index contributed by atoms with van der Waals surface area (Å²) in [5.74, 6) is 0. The van der Waals surface area contributed by atoms with Gasteiger partial charge in [0.15, 0.2) is 0 Å². The van der Waals surface area contributed by atoms with Gasteiger partial charge in [-0.3, -0.25) is 0 Å². The Kier molecular flexibility index (Phi) is 10.9. The topological polar surface area (TPSA) is 72.2 Å². The van der Waals surface area contributed by atoms with E-state index >= 15 is 0 Å². The van der Waals surface area contributed by atoms with E-state index in [2.05, 4.69) is 39.0 Å². The molecule has 4 nitrogen and oxygen atoms in total. The molecule has 0 saturated heterocycles. The van der Waals surface area contributed by atoms with Gasteiger partial charge in [-0.2, -0.15) is 17.9 Å². The van der Waals surface area contributed by atoms with E-state index in [0.29, 0.717) is 11.1 Å². The molecule has 180 valence electrons. The third-order valence-electron chi connectivity index (χ3n) is 4.66. The van der Waals surface area contributed by atoms with Crippen molar-refractivity contribution in [3.8, 4) is 0 Å². The van der Waals surface area contributed by atoms with E-state index in [1.807, 2.05) is 0 Å². The first kappa shape index (κ1) is 29.0. The summed E-state index contributed by atoms with van der Waals surface area (Å²) < 4.78 is 62.7. The fourth-order valence-electron chi connectivity index (χ4n) is 3.31. The van der Waals surface area contributed by atoms with Gasteiger partial charge in [-0.15, -0.1) is 0 Å². The summed E-state index contributed by atoms with van der Waals surface area (Å²) in [5, 5.41) is 0. The zero-order chi connectivity index (χ0) is 23.9. The molecule has 0 fully saturated rings. The van der Waals surface area contributed by atoms with Gasteiger partial charge < -0.3 is 5.73 Å². The number of nitrogens with two attached hydrogens (primary N) is 1. The third-order valence-corrected chi connectivity index (χ3v) is 5.83. The third kappa shape index (κ3) is 8.67. The summed E-state index contributed by atoms with van der Waals surface area (Å²) in [6.07, 6.45) is 0. The van der Waals surface area contributed by atoms with Gasteiger partial charge in [-0.25, -0.2) is 8.42 Å². The maximum Gasteiger partial charge on any atom is 0.511 e. The van der Waals surface area contributed by atoms with E-state index in [4.69, 9.17) is 5.73 Å². The second-order valence-electron chi connectivity index (χ2n) is 7.56. The van der Waals surface area contributed by atoms with Crippen LogP contribution in [0.1, 0.15) is 39.9 Å². The smallest absolute Gasteiger partial charge is 0.322 e. The molecule has 0 aliphatic heterocycles. The molecule has 3 rings (SSSR count). The van der Waals surface area contributed by atoms with Crippen LogP contribution in [0.15, 0.2) is 78.9 Å². The number of benzene rings is 3. The molecule has 0 heterocycles. The molecule has 0 saturated carbocycles. The number of sulfonamides is 1. The second kappa shape index (κ2) is 12.4. The molecule has 3 N–H and O–H groups in total. The van der Waals surface area contributed by atoms with Crippen LogP contribution in [-0.4, -0.2) is 13.9 Å². The predicted octanol–water partition coefficient (Wildman–Crippen LogP) is 5.48. The van der Waals surface area contributed by atoms with Crippen LogP contribution < -0.4 is 10.5 Å². The van der Waals surface area contributed by atoms with Gasteiger partial charge in [-0.05, 0) is 31.9 Å². The van der Waals surface area contributed by atoms with Crippen LogP contribution in [-0.2, 0) is 29.5 Å². The van der Waals surface area contributed by atoms with Gasteiger partial charge in [0.2, 0.25) is 0 Å². The van der Waals surface area contributed by atoms with Crippen molar-refractivity contribution in [3.63, 3.8) is 0 Å². The van der Waals surface area contributed by atoms with Gasteiger partial charge >= 0.3 is 15.5 Å². The van der Waals surface area contributed by atoms with Crippen molar-refractivity contribution < 1.29 is 41.1 Å². The summed E-state index contributed by atoms with van der Waals surface area (Å²) in [4.78, 5) is 0. The number of hydrogen-bond acceptors (Lipinski definition) is 3. The number of hydrogen-bond donors (Lipinski definition) is 2. The molecule has 0 aliphatic rings. The van der Waals surface area contributed by atoms with Crippen LogP contribution in [0.2, 0.25) is 0 Å². The first-order valence-electron chi connectivity index (χ1n) is 9.89. The summed E-state index contributed by atoms with van der Waals surface area (Å²) in [5.41, 5.74) is 5.55. The molecule has 3 aromatic rings. The van der Waals surface area contributed by atoms with E-state index in [1.165, 1.54) is 28.8 Å². The molecule has 0 radical (unpaired) electrons. The molecule has 2 atom stereocenters. The van der Waals surface area contributed by atoms with Crippen LogP contribution in [0.4, 0.5) is 13.2 Å². The van der Waals surface area contributed by atoms with Crippen LogP contribution in [0.3, 0.4) is 0 Å². The van der Waals surface area contributed by atoms with Crippen molar-refractivity contribution in [2.75, 3.05) is 0 Å². The molecule has 33 heavy (non-hydrogen) atoms. The predicted molar refractivity (Wildman–Crippen MR) is 121 cm³/mol. The molecule has 9 heteroatoms. The van der Waals surface area contributed by atoms with Gasteiger partial charge in [0, 0.05) is 19.5 Å². The number of aryl methyl sites for hydroxylation is 3. The maximum atomic E-state index is 12.7. The molecule has 0 amide bonds. The van der Waals surface area contributed by atoms with Crippen LogP contribution >= 0.6 is 0 Å². The Morgan fingerprint density at radius 1 is 0.758 bits per heavy atom. The molecule has 3 aromatic carbocycles. The normalized spacial score (nSPS) is 13.2. The standard InChI is InChI=1S/C15H15F3N2O2S.C9H12.Ru/c16-15(17,18)23(21,22)20-14(12-9-5-2-6-10-12)13(19)11-7-3-1-4-8-11;1-7-4-8(2)6-9(3)5-7;/h1-10,13-14,20H,19H2;4-6H,1-3H3;/t13-,14-;;/m1../s1. The van der Waals surface area contributed by atoms with Crippen LogP contribution in [0, 0.1) is 20.8 Å². The van der Waals surface area contributed by atoms with Gasteiger partial charge in [0.25, 0.3) is 0 Å². The Balaban J connectivity index is 0.000000458. The Labute approximate surface area is 206 Å². The van der Waals surface area contributed by atoms with Gasteiger partial charge in [0.1, 0.15) is 0 Å². The average Bonchev–Trinajstić information content (AvgIpc) is 2.71. The van der Waals surface area contributed by atoms with E-state index in [0.717, 1.165) is 0 Å². The van der Waals surface area contributed by atoms with Crippen molar-refractivity contribution in [1.82, 2.24) is 4.72 Å². The fraction of sp³-hybridized carbons (Fsp3) is 0.250. The minimum Gasteiger partial charge on any atom is -0.322 e. The first-order valence-corrected chi connectivity index (χ1v) is 11.4. The molecule has 0 spiro atoms. The van der Waals surface area contributed by atoms with Crippen molar-refractivity contribution in [2.45, 2.75) is 38.4 Å². The second-order valence-corrected chi connectivity index (χ2v) is 9.26. The minimum absolute atomic E-state index is 0. The molecule has 0 bridgehead atoms. The molecular weight excluding hydrogens is 538 g/mol. The summed E-state index contributed by atoms with van der Waals surface area (Å²) in [6, 6.07) is 20.6. The first-order chi connectivity index (χ1) is 14.9.